The first-order valence-corrected chi connectivity index (χ1v) is 15.3. The number of aldehydes is 1. The van der Waals surface area contributed by atoms with Crippen molar-refractivity contribution in [3.8, 4) is 39.4 Å². The summed E-state index contributed by atoms with van der Waals surface area (Å²) in [6.07, 6.45) is 2.03. The molecule has 238 valence electrons. The number of carbonyl (C=O) groups is 3. The molecule has 11 nitrogen and oxygen atoms in total. The normalized spacial score (nSPS) is 14.2. The molecule has 2 amide bonds. The lowest BCUT2D eigenvalue weighted by Crippen LogP contribution is -2.41. The maximum atomic E-state index is 13.2. The number of aromatic nitrogens is 3. The van der Waals surface area contributed by atoms with Crippen LogP contribution in [0.15, 0.2) is 77.7 Å². The number of hydrogen-bond acceptors (Lipinski definition) is 7. The van der Waals surface area contributed by atoms with Crippen LogP contribution in [0.5, 0.6) is 5.88 Å². The highest BCUT2D eigenvalue weighted by Crippen LogP contribution is 2.42. The van der Waals surface area contributed by atoms with E-state index < -0.39 is 11.7 Å². The van der Waals surface area contributed by atoms with E-state index in [-0.39, 0.29) is 36.6 Å². The van der Waals surface area contributed by atoms with Crippen LogP contribution in [-0.2, 0) is 11.3 Å². The number of rotatable bonds is 9. The number of ether oxygens (including phenoxy) is 1. The van der Waals surface area contributed by atoms with Crippen LogP contribution in [0.2, 0.25) is 10.0 Å². The minimum absolute atomic E-state index is 0.0972. The standard InChI is InChI=1S/C34H27Cl2N5O6/c1-47-33-20(18-42)8-11-27(39-33)26-7-3-6-25(32(26)36)24-5-2-4-23(31(24)35)19-9-12-28-37-22(14-30(44)41(28)15-19)17-40(34(45)46)16-21-10-13-29(43)38-21/h2-9,11-12,14-15,18,21H,10,13,16-17H2,1H3,(H,38,43)(H,45,46). The Balaban J connectivity index is 1.32. The Bertz CT molecular complexity index is 2120. The summed E-state index contributed by atoms with van der Waals surface area (Å²) >= 11 is 13.9. The third kappa shape index (κ3) is 6.40. The Morgan fingerprint density at radius 1 is 1.02 bits per heavy atom. The maximum Gasteiger partial charge on any atom is 0.407 e. The van der Waals surface area contributed by atoms with E-state index in [1.807, 2.05) is 36.4 Å². The summed E-state index contributed by atoms with van der Waals surface area (Å²) in [5.74, 6) is 0.0755. The highest BCUT2D eigenvalue weighted by Gasteiger charge is 2.26. The first-order valence-electron chi connectivity index (χ1n) is 14.5. The summed E-state index contributed by atoms with van der Waals surface area (Å²) in [4.78, 5) is 58.1. The van der Waals surface area contributed by atoms with Crippen LogP contribution < -0.4 is 15.6 Å². The Morgan fingerprint density at radius 3 is 2.38 bits per heavy atom. The topological polar surface area (TPSA) is 143 Å². The van der Waals surface area contributed by atoms with Crippen molar-refractivity contribution in [2.24, 2.45) is 0 Å². The molecule has 5 aromatic rings. The van der Waals surface area contributed by atoms with Crippen molar-refractivity contribution in [3.05, 3.63) is 105 Å². The monoisotopic (exact) mass is 671 g/mol. The van der Waals surface area contributed by atoms with Gasteiger partial charge in [0, 0.05) is 59.1 Å². The lowest BCUT2D eigenvalue weighted by molar-refractivity contribution is -0.119. The minimum Gasteiger partial charge on any atom is -0.480 e. The van der Waals surface area contributed by atoms with Gasteiger partial charge in [-0.05, 0) is 30.7 Å². The number of amides is 2. The molecule has 47 heavy (non-hydrogen) atoms. The van der Waals surface area contributed by atoms with E-state index in [2.05, 4.69) is 15.3 Å². The van der Waals surface area contributed by atoms with E-state index in [1.54, 1.807) is 30.5 Å². The Hall–Kier alpha value is -5.26. The molecule has 0 radical (unpaired) electrons. The van der Waals surface area contributed by atoms with E-state index in [9.17, 15) is 24.3 Å². The number of halogens is 2. The van der Waals surface area contributed by atoms with Gasteiger partial charge in [0.15, 0.2) is 6.29 Å². The summed E-state index contributed by atoms with van der Waals surface area (Å²) in [5, 5.41) is 13.3. The fourth-order valence-electron chi connectivity index (χ4n) is 5.63. The van der Waals surface area contributed by atoms with Crippen molar-refractivity contribution in [2.75, 3.05) is 13.7 Å². The third-order valence-electron chi connectivity index (χ3n) is 7.95. The smallest absolute Gasteiger partial charge is 0.407 e. The number of fused-ring (bicyclic) bond motifs is 1. The second-order valence-corrected chi connectivity index (χ2v) is 11.7. The van der Waals surface area contributed by atoms with Gasteiger partial charge in [0.2, 0.25) is 11.8 Å². The second kappa shape index (κ2) is 13.2. The molecule has 6 rings (SSSR count). The lowest BCUT2D eigenvalue weighted by atomic mass is 9.97. The van der Waals surface area contributed by atoms with Crippen LogP contribution >= 0.6 is 23.2 Å². The van der Waals surface area contributed by atoms with Crippen molar-refractivity contribution in [1.29, 1.82) is 0 Å². The molecule has 1 fully saturated rings. The van der Waals surface area contributed by atoms with E-state index in [0.717, 1.165) is 4.90 Å². The second-order valence-electron chi connectivity index (χ2n) is 10.9. The number of carboxylic acid groups (broad SMARTS) is 1. The van der Waals surface area contributed by atoms with E-state index in [0.29, 0.717) is 73.9 Å². The molecule has 1 aliphatic rings. The van der Waals surface area contributed by atoms with Gasteiger partial charge in [-0.15, -0.1) is 0 Å². The van der Waals surface area contributed by atoms with Gasteiger partial charge in [-0.2, -0.15) is 0 Å². The SMILES string of the molecule is COc1nc(-c2cccc(-c3cccc(-c4ccc5nc(CN(CC6CCC(=O)N6)C(=O)O)cc(=O)n5c4)c3Cl)c2Cl)ccc1C=O. The molecule has 2 aromatic carbocycles. The molecule has 4 heterocycles. The van der Waals surface area contributed by atoms with Crippen LogP contribution in [0, 0.1) is 0 Å². The highest BCUT2D eigenvalue weighted by molar-refractivity contribution is 6.39. The Morgan fingerprint density at radius 2 is 1.72 bits per heavy atom. The zero-order valence-corrected chi connectivity index (χ0v) is 26.5. The summed E-state index contributed by atoms with van der Waals surface area (Å²) in [6, 6.07) is 18.8. The molecule has 0 bridgehead atoms. The van der Waals surface area contributed by atoms with Crippen LogP contribution in [0.1, 0.15) is 28.9 Å². The first kappa shape index (κ1) is 31.7. The quantitative estimate of drug-likeness (QED) is 0.182. The third-order valence-corrected chi connectivity index (χ3v) is 8.76. The molecule has 1 atom stereocenters. The number of nitrogens with zero attached hydrogens (tertiary/aromatic N) is 4. The molecule has 1 saturated heterocycles. The molecule has 1 unspecified atom stereocenters. The Labute approximate surface area is 278 Å². The van der Waals surface area contributed by atoms with Gasteiger partial charge in [0.05, 0.1) is 40.7 Å². The maximum absolute atomic E-state index is 13.2. The molecular weight excluding hydrogens is 645 g/mol. The minimum atomic E-state index is -1.17. The van der Waals surface area contributed by atoms with Gasteiger partial charge in [-0.25, -0.2) is 14.8 Å². The largest absolute Gasteiger partial charge is 0.480 e. The lowest BCUT2D eigenvalue weighted by Gasteiger charge is -2.22. The van der Waals surface area contributed by atoms with Crippen molar-refractivity contribution < 1.29 is 24.2 Å². The highest BCUT2D eigenvalue weighted by atomic mass is 35.5. The fraction of sp³-hybridized carbons (Fsp3) is 0.176. The van der Waals surface area contributed by atoms with Crippen LogP contribution in [0.3, 0.4) is 0 Å². The molecule has 13 heteroatoms. The van der Waals surface area contributed by atoms with Gasteiger partial charge in [0.1, 0.15) is 5.65 Å². The summed E-state index contributed by atoms with van der Waals surface area (Å²) < 4.78 is 6.64. The van der Waals surface area contributed by atoms with Crippen molar-refractivity contribution >= 4 is 47.1 Å². The fourth-order valence-corrected chi connectivity index (χ4v) is 6.30. The molecule has 0 spiro atoms. The number of pyridine rings is 2. The van der Waals surface area contributed by atoms with E-state index in [1.165, 1.54) is 17.6 Å². The number of benzene rings is 2. The zero-order valence-electron chi connectivity index (χ0n) is 24.9. The van der Waals surface area contributed by atoms with Gasteiger partial charge < -0.3 is 20.1 Å². The molecule has 2 N–H and O–H groups in total. The number of nitrogens with one attached hydrogen (secondary N) is 1. The molecule has 1 aliphatic heterocycles. The molecule has 3 aromatic heterocycles. The predicted molar refractivity (Wildman–Crippen MR) is 177 cm³/mol. The van der Waals surface area contributed by atoms with Crippen LogP contribution in [0.25, 0.3) is 39.2 Å². The number of carbonyl (C=O) groups excluding carboxylic acids is 2. The van der Waals surface area contributed by atoms with Crippen molar-refractivity contribution in [1.82, 2.24) is 24.6 Å². The summed E-state index contributed by atoms with van der Waals surface area (Å²) in [5.41, 5.74) is 4.29. The zero-order chi connectivity index (χ0) is 33.2. The van der Waals surface area contributed by atoms with Gasteiger partial charge in [-0.1, -0.05) is 59.6 Å². The van der Waals surface area contributed by atoms with E-state index >= 15 is 0 Å². The first-order chi connectivity index (χ1) is 22.7. The number of hydrogen-bond donors (Lipinski definition) is 2. The summed E-state index contributed by atoms with van der Waals surface area (Å²) in [7, 11) is 1.44. The predicted octanol–water partition coefficient (Wildman–Crippen LogP) is 5.98. The van der Waals surface area contributed by atoms with Crippen molar-refractivity contribution in [2.45, 2.75) is 25.4 Å². The van der Waals surface area contributed by atoms with Gasteiger partial charge in [0.25, 0.3) is 5.56 Å². The Kier molecular flexibility index (Phi) is 8.93. The van der Waals surface area contributed by atoms with E-state index in [4.69, 9.17) is 27.9 Å². The van der Waals surface area contributed by atoms with Crippen LogP contribution in [-0.4, -0.2) is 62.4 Å². The molecule has 0 saturated carbocycles. The number of methoxy groups -OCH3 is 1. The average Bonchev–Trinajstić information content (AvgIpc) is 3.48. The molecule has 0 aliphatic carbocycles. The van der Waals surface area contributed by atoms with Crippen molar-refractivity contribution in [3.63, 3.8) is 0 Å². The summed E-state index contributed by atoms with van der Waals surface area (Å²) in [6.45, 7) is -0.00754. The van der Waals surface area contributed by atoms with Gasteiger partial charge in [-0.3, -0.25) is 18.8 Å². The molecular formula is C34H27Cl2N5O6. The van der Waals surface area contributed by atoms with Gasteiger partial charge >= 0.3 is 6.09 Å². The average molecular weight is 673 g/mol. The van der Waals surface area contributed by atoms with Crippen LogP contribution in [0.4, 0.5) is 4.79 Å².